The molecule has 1 heterocycles. The van der Waals surface area contributed by atoms with E-state index in [2.05, 4.69) is 0 Å². The minimum absolute atomic E-state index is 0.00347. The Balaban J connectivity index is 2.10. The van der Waals surface area contributed by atoms with E-state index in [1.807, 2.05) is 23.9 Å². The third-order valence-corrected chi connectivity index (χ3v) is 3.02. The standard InChI is InChI=1S/C12H18N2O2/c1-13(2)7-5-10-11(15)6-8-14(12(10)16)9-3-4-9/h5,9H,3-4,6-8H2,1-2H3/b10-5+. The van der Waals surface area contributed by atoms with Crippen LogP contribution in [0.2, 0.25) is 0 Å². The molecule has 2 fully saturated rings. The largest absolute Gasteiger partial charge is 0.335 e. The van der Waals surface area contributed by atoms with Crippen LogP contribution in [0, 0.1) is 0 Å². The lowest BCUT2D eigenvalue weighted by Crippen LogP contribution is -2.42. The summed E-state index contributed by atoms with van der Waals surface area (Å²) in [6.45, 7) is 1.26. The maximum Gasteiger partial charge on any atom is 0.257 e. The summed E-state index contributed by atoms with van der Waals surface area (Å²) in [5.41, 5.74) is 0.395. The van der Waals surface area contributed by atoms with Gasteiger partial charge in [0.1, 0.15) is 0 Å². The molecule has 2 rings (SSSR count). The van der Waals surface area contributed by atoms with Crippen molar-refractivity contribution in [1.82, 2.24) is 9.80 Å². The van der Waals surface area contributed by atoms with Gasteiger partial charge in [0.25, 0.3) is 5.91 Å². The van der Waals surface area contributed by atoms with Crippen molar-refractivity contribution in [1.29, 1.82) is 0 Å². The van der Waals surface area contributed by atoms with E-state index in [1.165, 1.54) is 0 Å². The van der Waals surface area contributed by atoms with Gasteiger partial charge < -0.3 is 9.80 Å². The summed E-state index contributed by atoms with van der Waals surface area (Å²) in [6.07, 6.45) is 4.45. The molecular formula is C12H18N2O2. The fourth-order valence-electron chi connectivity index (χ4n) is 1.94. The quantitative estimate of drug-likeness (QED) is 0.514. The van der Waals surface area contributed by atoms with Crippen LogP contribution in [0.1, 0.15) is 19.3 Å². The van der Waals surface area contributed by atoms with Crippen LogP contribution in [-0.2, 0) is 9.59 Å². The smallest absolute Gasteiger partial charge is 0.257 e. The number of hydrogen-bond acceptors (Lipinski definition) is 3. The van der Waals surface area contributed by atoms with Crippen molar-refractivity contribution < 1.29 is 9.59 Å². The van der Waals surface area contributed by atoms with Crippen molar-refractivity contribution in [2.24, 2.45) is 0 Å². The van der Waals surface area contributed by atoms with Crippen LogP contribution in [-0.4, -0.2) is 54.7 Å². The Morgan fingerprint density at radius 1 is 1.38 bits per heavy atom. The molecule has 1 amide bonds. The number of piperidine rings is 1. The van der Waals surface area contributed by atoms with Crippen molar-refractivity contribution >= 4 is 11.7 Å². The number of likely N-dealkylation sites (N-methyl/N-ethyl adjacent to an activating group) is 1. The minimum atomic E-state index is -0.0550. The van der Waals surface area contributed by atoms with Gasteiger partial charge in [0, 0.05) is 25.6 Å². The van der Waals surface area contributed by atoms with Gasteiger partial charge in [0.15, 0.2) is 5.78 Å². The first-order valence-corrected chi connectivity index (χ1v) is 5.78. The second-order valence-electron chi connectivity index (χ2n) is 4.78. The lowest BCUT2D eigenvalue weighted by Gasteiger charge is -2.27. The summed E-state index contributed by atoms with van der Waals surface area (Å²) >= 11 is 0. The van der Waals surface area contributed by atoms with Gasteiger partial charge in [0.05, 0.1) is 5.57 Å². The van der Waals surface area contributed by atoms with Crippen molar-refractivity contribution in [2.45, 2.75) is 25.3 Å². The predicted molar refractivity (Wildman–Crippen MR) is 61.0 cm³/mol. The predicted octanol–water partition coefficient (Wildman–Crippen LogP) is 0.438. The summed E-state index contributed by atoms with van der Waals surface area (Å²) in [5.74, 6) is -0.0515. The van der Waals surface area contributed by atoms with Gasteiger partial charge in [-0.2, -0.15) is 0 Å². The number of carbonyl (C=O) groups excluding carboxylic acids is 2. The second kappa shape index (κ2) is 4.37. The highest BCUT2D eigenvalue weighted by molar-refractivity contribution is 6.21. The number of carbonyl (C=O) groups is 2. The molecule has 2 aliphatic rings. The number of likely N-dealkylation sites (tertiary alicyclic amines) is 1. The molecule has 1 aliphatic carbocycles. The Hall–Kier alpha value is -1.16. The van der Waals surface area contributed by atoms with Crippen LogP contribution >= 0.6 is 0 Å². The Labute approximate surface area is 95.9 Å². The average molecular weight is 222 g/mol. The highest BCUT2D eigenvalue weighted by atomic mass is 16.2. The lowest BCUT2D eigenvalue weighted by atomic mass is 10.0. The topological polar surface area (TPSA) is 40.6 Å². The second-order valence-corrected chi connectivity index (χ2v) is 4.78. The fraction of sp³-hybridized carbons (Fsp3) is 0.667. The third-order valence-electron chi connectivity index (χ3n) is 3.02. The summed E-state index contributed by atoms with van der Waals surface area (Å²) in [7, 11) is 3.85. The molecule has 88 valence electrons. The van der Waals surface area contributed by atoms with Crippen molar-refractivity contribution in [2.75, 3.05) is 27.2 Å². The van der Waals surface area contributed by atoms with Gasteiger partial charge in [-0.15, -0.1) is 0 Å². The van der Waals surface area contributed by atoms with Gasteiger partial charge in [-0.3, -0.25) is 9.59 Å². The first-order chi connectivity index (χ1) is 7.59. The molecule has 0 bridgehead atoms. The van der Waals surface area contributed by atoms with Gasteiger partial charge in [-0.1, -0.05) is 6.08 Å². The van der Waals surface area contributed by atoms with Crippen LogP contribution in [0.3, 0.4) is 0 Å². The van der Waals surface area contributed by atoms with E-state index >= 15 is 0 Å². The Morgan fingerprint density at radius 2 is 2.06 bits per heavy atom. The first kappa shape index (κ1) is 11.3. The van der Waals surface area contributed by atoms with E-state index in [9.17, 15) is 9.59 Å². The molecule has 0 N–H and O–H groups in total. The number of Topliss-reactive ketones (excluding diaryl/α,β-unsaturated/α-hetero) is 1. The summed E-state index contributed by atoms with van der Waals surface area (Å²) in [5, 5.41) is 0. The van der Waals surface area contributed by atoms with Crippen molar-refractivity contribution in [3.8, 4) is 0 Å². The minimum Gasteiger partial charge on any atom is -0.335 e. The molecule has 1 saturated carbocycles. The van der Waals surface area contributed by atoms with Crippen LogP contribution in [0.5, 0.6) is 0 Å². The number of rotatable bonds is 3. The lowest BCUT2D eigenvalue weighted by molar-refractivity contribution is -0.133. The zero-order chi connectivity index (χ0) is 11.7. The molecule has 0 spiro atoms. The van der Waals surface area contributed by atoms with E-state index in [1.54, 1.807) is 6.08 Å². The Kier molecular flexibility index (Phi) is 3.10. The summed E-state index contributed by atoms with van der Waals surface area (Å²) < 4.78 is 0. The molecule has 4 nitrogen and oxygen atoms in total. The maximum absolute atomic E-state index is 12.0. The number of amides is 1. The molecule has 0 radical (unpaired) electrons. The molecule has 1 aliphatic heterocycles. The van der Waals surface area contributed by atoms with Gasteiger partial charge in [0.2, 0.25) is 0 Å². The summed E-state index contributed by atoms with van der Waals surface area (Å²) in [6, 6.07) is 0.406. The molecule has 0 unspecified atom stereocenters. The monoisotopic (exact) mass is 222 g/mol. The van der Waals surface area contributed by atoms with Gasteiger partial charge in [-0.25, -0.2) is 0 Å². The zero-order valence-electron chi connectivity index (χ0n) is 9.90. The van der Waals surface area contributed by atoms with E-state index in [0.717, 1.165) is 12.8 Å². The molecular weight excluding hydrogens is 204 g/mol. The Bertz CT molecular complexity index is 343. The molecule has 4 heteroatoms. The van der Waals surface area contributed by atoms with E-state index in [-0.39, 0.29) is 11.7 Å². The van der Waals surface area contributed by atoms with Crippen LogP contribution in [0.4, 0.5) is 0 Å². The van der Waals surface area contributed by atoms with Crippen molar-refractivity contribution in [3.05, 3.63) is 11.6 Å². The number of ketones is 1. The highest BCUT2D eigenvalue weighted by Gasteiger charge is 2.38. The molecule has 1 saturated heterocycles. The normalized spacial score (nSPS) is 24.7. The van der Waals surface area contributed by atoms with E-state index in [0.29, 0.717) is 31.1 Å². The maximum atomic E-state index is 12.0. The average Bonchev–Trinajstić information content (AvgIpc) is 3.01. The SMILES string of the molecule is CN(C)C/C=C1\C(=O)CCN(C2CC2)C1=O. The fourth-order valence-corrected chi connectivity index (χ4v) is 1.94. The van der Waals surface area contributed by atoms with Crippen LogP contribution < -0.4 is 0 Å². The molecule has 0 aromatic rings. The van der Waals surface area contributed by atoms with Gasteiger partial charge >= 0.3 is 0 Å². The van der Waals surface area contributed by atoms with E-state index < -0.39 is 0 Å². The first-order valence-electron chi connectivity index (χ1n) is 5.78. The molecule has 0 aromatic heterocycles. The highest BCUT2D eigenvalue weighted by Crippen LogP contribution is 2.30. The van der Waals surface area contributed by atoms with Crippen LogP contribution in [0.25, 0.3) is 0 Å². The van der Waals surface area contributed by atoms with Crippen molar-refractivity contribution in [3.63, 3.8) is 0 Å². The zero-order valence-corrected chi connectivity index (χ0v) is 9.90. The third kappa shape index (κ3) is 2.32. The van der Waals surface area contributed by atoms with E-state index in [4.69, 9.17) is 0 Å². The summed E-state index contributed by atoms with van der Waals surface area (Å²) in [4.78, 5) is 27.5. The molecule has 0 atom stereocenters. The molecule has 0 aromatic carbocycles. The van der Waals surface area contributed by atoms with Crippen LogP contribution in [0.15, 0.2) is 11.6 Å². The number of hydrogen-bond donors (Lipinski definition) is 0. The molecule has 16 heavy (non-hydrogen) atoms. The number of nitrogens with zero attached hydrogens (tertiary/aromatic N) is 2. The Morgan fingerprint density at radius 3 is 2.62 bits per heavy atom. The van der Waals surface area contributed by atoms with Gasteiger partial charge in [-0.05, 0) is 26.9 Å².